The molecule has 152 valence electrons. The molecule has 1 aliphatic rings. The van der Waals surface area contributed by atoms with Crippen LogP contribution in [0.2, 0.25) is 0 Å². The first-order valence-corrected chi connectivity index (χ1v) is 10.0. The van der Waals surface area contributed by atoms with E-state index in [1.807, 2.05) is 60.7 Å². The number of nitrogens with one attached hydrogen (secondary N) is 1. The van der Waals surface area contributed by atoms with Crippen LogP contribution in [0.1, 0.15) is 30.4 Å². The number of anilines is 2. The van der Waals surface area contributed by atoms with E-state index in [0.29, 0.717) is 23.5 Å². The van der Waals surface area contributed by atoms with E-state index in [1.165, 1.54) is 0 Å². The summed E-state index contributed by atoms with van der Waals surface area (Å²) >= 11 is 0. The molecule has 2 amide bonds. The molecule has 5 heteroatoms. The average molecular weight is 400 g/mol. The Morgan fingerprint density at radius 3 is 2.20 bits per heavy atom. The first-order chi connectivity index (χ1) is 14.5. The Hall–Kier alpha value is -3.60. The number of likely N-dealkylation sites (N-methyl/N-ethyl adjacent to an activating group) is 1. The predicted octanol–water partition coefficient (Wildman–Crippen LogP) is 4.59. The van der Waals surface area contributed by atoms with Crippen LogP contribution >= 0.6 is 0 Å². The normalized spacial score (nSPS) is 15.5. The second-order valence-electron chi connectivity index (χ2n) is 7.47. The molecular formula is C25H24N2O3. The summed E-state index contributed by atoms with van der Waals surface area (Å²) in [5, 5.41) is 2.98. The van der Waals surface area contributed by atoms with E-state index >= 15 is 0 Å². The quantitative estimate of drug-likeness (QED) is 0.681. The topological polar surface area (TPSA) is 58.6 Å². The molecule has 5 nitrogen and oxygen atoms in total. The van der Waals surface area contributed by atoms with E-state index < -0.39 is 6.10 Å². The summed E-state index contributed by atoms with van der Waals surface area (Å²) in [4.78, 5) is 26.7. The summed E-state index contributed by atoms with van der Waals surface area (Å²) in [5.74, 6) is 0.387. The van der Waals surface area contributed by atoms with Gasteiger partial charge in [0.1, 0.15) is 5.75 Å². The van der Waals surface area contributed by atoms with Crippen LogP contribution in [0.4, 0.5) is 11.4 Å². The molecule has 1 atom stereocenters. The van der Waals surface area contributed by atoms with Crippen molar-refractivity contribution in [2.75, 3.05) is 17.3 Å². The van der Waals surface area contributed by atoms with Gasteiger partial charge in [-0.2, -0.15) is 0 Å². The number of carbonyl (C=O) groups excluding carboxylic acids is 2. The van der Waals surface area contributed by atoms with Crippen molar-refractivity contribution in [2.45, 2.75) is 25.4 Å². The van der Waals surface area contributed by atoms with Gasteiger partial charge in [-0.25, -0.2) is 0 Å². The van der Waals surface area contributed by atoms with Gasteiger partial charge in [0.25, 0.3) is 5.91 Å². The van der Waals surface area contributed by atoms with E-state index in [9.17, 15) is 9.59 Å². The maximum absolute atomic E-state index is 12.9. The van der Waals surface area contributed by atoms with Crippen LogP contribution in [-0.2, 0) is 9.59 Å². The van der Waals surface area contributed by atoms with E-state index in [1.54, 1.807) is 37.1 Å². The summed E-state index contributed by atoms with van der Waals surface area (Å²) in [5.41, 5.74) is 3.48. The van der Waals surface area contributed by atoms with Crippen LogP contribution < -0.4 is 15.0 Å². The smallest absolute Gasteiger partial charge is 0.267 e. The van der Waals surface area contributed by atoms with Gasteiger partial charge in [0.05, 0.1) is 5.69 Å². The Kier molecular flexibility index (Phi) is 5.53. The molecule has 0 spiro atoms. The molecule has 1 heterocycles. The fraction of sp³-hybridized carbons (Fsp3) is 0.200. The number of hydrogen-bond acceptors (Lipinski definition) is 3. The number of hydrogen-bond donors (Lipinski definition) is 1. The SMILES string of the molecule is CC1Oc2ccc(NC(=O)CC(c3ccccc3)c3ccccc3)cc2N(C)C1=O. The number of fused-ring (bicyclic) bond motifs is 1. The van der Waals surface area contributed by atoms with Crippen LogP contribution in [-0.4, -0.2) is 25.0 Å². The molecule has 3 aromatic rings. The minimum Gasteiger partial charge on any atom is -0.479 e. The number of nitrogens with zero attached hydrogens (tertiary/aromatic N) is 1. The Morgan fingerprint density at radius 2 is 1.60 bits per heavy atom. The molecule has 0 saturated carbocycles. The second kappa shape index (κ2) is 8.41. The Labute approximate surface area is 176 Å². The van der Waals surface area contributed by atoms with E-state index in [0.717, 1.165) is 11.1 Å². The molecule has 0 aliphatic carbocycles. The lowest BCUT2D eigenvalue weighted by atomic mass is 9.88. The van der Waals surface area contributed by atoms with Gasteiger partial charge in [-0.1, -0.05) is 60.7 Å². The molecule has 0 bridgehead atoms. The van der Waals surface area contributed by atoms with Crippen molar-refractivity contribution in [3.63, 3.8) is 0 Å². The highest BCUT2D eigenvalue weighted by atomic mass is 16.5. The standard InChI is InChI=1S/C25H24N2O3/c1-17-25(29)27(2)22-15-20(13-14-23(22)30-17)26-24(28)16-21(18-9-5-3-6-10-18)19-11-7-4-8-12-19/h3-15,17,21H,16H2,1-2H3,(H,26,28). The van der Waals surface area contributed by atoms with Crippen molar-refractivity contribution in [1.29, 1.82) is 0 Å². The third-order valence-electron chi connectivity index (χ3n) is 5.38. The van der Waals surface area contributed by atoms with Crippen molar-refractivity contribution in [1.82, 2.24) is 0 Å². The molecule has 1 N–H and O–H groups in total. The van der Waals surface area contributed by atoms with Gasteiger partial charge >= 0.3 is 0 Å². The minimum absolute atomic E-state index is 0.0431. The summed E-state index contributed by atoms with van der Waals surface area (Å²) in [6, 6.07) is 25.4. The highest BCUT2D eigenvalue weighted by Crippen LogP contribution is 2.36. The lowest BCUT2D eigenvalue weighted by Crippen LogP contribution is -2.41. The third-order valence-corrected chi connectivity index (χ3v) is 5.38. The molecule has 3 aromatic carbocycles. The zero-order valence-electron chi connectivity index (χ0n) is 17.0. The molecule has 30 heavy (non-hydrogen) atoms. The maximum Gasteiger partial charge on any atom is 0.267 e. The maximum atomic E-state index is 12.9. The monoisotopic (exact) mass is 400 g/mol. The number of benzene rings is 3. The van der Waals surface area contributed by atoms with E-state index in [2.05, 4.69) is 5.32 Å². The zero-order chi connectivity index (χ0) is 21.1. The third kappa shape index (κ3) is 4.06. The molecule has 1 aliphatic heterocycles. The molecule has 0 fully saturated rings. The summed E-state index contributed by atoms with van der Waals surface area (Å²) < 4.78 is 5.65. The predicted molar refractivity (Wildman–Crippen MR) is 118 cm³/mol. The van der Waals surface area contributed by atoms with Crippen LogP contribution in [0.15, 0.2) is 78.9 Å². The lowest BCUT2D eigenvalue weighted by Gasteiger charge is -2.30. The summed E-state index contributed by atoms with van der Waals surface area (Å²) in [7, 11) is 1.71. The van der Waals surface area contributed by atoms with Crippen molar-refractivity contribution < 1.29 is 14.3 Å². The molecular weight excluding hydrogens is 376 g/mol. The van der Waals surface area contributed by atoms with E-state index in [-0.39, 0.29) is 17.7 Å². The molecule has 4 rings (SSSR count). The Balaban J connectivity index is 1.54. The van der Waals surface area contributed by atoms with Gasteiger partial charge in [0.2, 0.25) is 5.91 Å². The van der Waals surface area contributed by atoms with Crippen LogP contribution in [0.5, 0.6) is 5.75 Å². The zero-order valence-corrected chi connectivity index (χ0v) is 17.0. The largest absolute Gasteiger partial charge is 0.479 e. The van der Waals surface area contributed by atoms with Gasteiger partial charge < -0.3 is 15.0 Å². The van der Waals surface area contributed by atoms with Gasteiger partial charge in [0.15, 0.2) is 6.10 Å². The molecule has 0 radical (unpaired) electrons. The van der Waals surface area contributed by atoms with Crippen molar-refractivity contribution in [2.24, 2.45) is 0 Å². The Morgan fingerprint density at radius 1 is 1.00 bits per heavy atom. The van der Waals surface area contributed by atoms with Crippen LogP contribution in [0.25, 0.3) is 0 Å². The summed E-state index contributed by atoms with van der Waals surface area (Å²) in [6.45, 7) is 1.73. The fourth-order valence-electron chi connectivity index (χ4n) is 3.79. The first-order valence-electron chi connectivity index (χ1n) is 10.0. The van der Waals surface area contributed by atoms with Crippen molar-refractivity contribution >= 4 is 23.2 Å². The van der Waals surface area contributed by atoms with Gasteiger partial charge in [-0.15, -0.1) is 0 Å². The summed E-state index contributed by atoms with van der Waals surface area (Å²) in [6.07, 6.45) is -0.201. The number of rotatable bonds is 5. The van der Waals surface area contributed by atoms with Crippen molar-refractivity contribution in [3.8, 4) is 5.75 Å². The molecule has 1 unspecified atom stereocenters. The fourth-order valence-corrected chi connectivity index (χ4v) is 3.79. The highest BCUT2D eigenvalue weighted by molar-refractivity contribution is 6.00. The first kappa shape index (κ1) is 19.7. The second-order valence-corrected chi connectivity index (χ2v) is 7.47. The van der Waals surface area contributed by atoms with Gasteiger partial charge in [-0.05, 0) is 36.2 Å². The van der Waals surface area contributed by atoms with E-state index in [4.69, 9.17) is 4.74 Å². The Bertz CT molecular complexity index is 1010. The minimum atomic E-state index is -0.513. The molecule has 0 aromatic heterocycles. The van der Waals surface area contributed by atoms with Crippen LogP contribution in [0.3, 0.4) is 0 Å². The molecule has 0 saturated heterocycles. The highest BCUT2D eigenvalue weighted by Gasteiger charge is 2.29. The van der Waals surface area contributed by atoms with Gasteiger partial charge in [0, 0.05) is 25.1 Å². The number of ether oxygens (including phenoxy) is 1. The average Bonchev–Trinajstić information content (AvgIpc) is 2.77. The number of carbonyl (C=O) groups is 2. The van der Waals surface area contributed by atoms with Crippen LogP contribution in [0, 0.1) is 0 Å². The number of amides is 2. The van der Waals surface area contributed by atoms with Crippen molar-refractivity contribution in [3.05, 3.63) is 90.0 Å². The van der Waals surface area contributed by atoms with Gasteiger partial charge in [-0.3, -0.25) is 9.59 Å². The lowest BCUT2D eigenvalue weighted by molar-refractivity contribution is -0.125.